The molecule has 0 radical (unpaired) electrons. The summed E-state index contributed by atoms with van der Waals surface area (Å²) in [6, 6.07) is 0. The van der Waals surface area contributed by atoms with Crippen LogP contribution in [0.25, 0.3) is 0 Å². The molecule has 2 N–H and O–H groups in total. The van der Waals surface area contributed by atoms with Crippen LogP contribution in [0, 0.1) is 0 Å². The lowest BCUT2D eigenvalue weighted by molar-refractivity contribution is 0.0278. The van der Waals surface area contributed by atoms with Crippen molar-refractivity contribution in [2.75, 3.05) is 40.8 Å². The first-order valence-corrected chi connectivity index (χ1v) is 5.67. The van der Waals surface area contributed by atoms with Crippen LogP contribution in [0.3, 0.4) is 0 Å². The number of likely N-dealkylation sites (N-methyl/N-ethyl adjacent to an activating group) is 2. The fraction of sp³-hybridized carbons (Fsp3) is 1.00. The van der Waals surface area contributed by atoms with Crippen LogP contribution in [0.15, 0.2) is 0 Å². The van der Waals surface area contributed by atoms with Crippen LogP contribution in [0.5, 0.6) is 0 Å². The standard InChI is InChI=1S/C11H25N3/c1-13(2)11(6-4-7-11)10-14(3)9-5-8-12/h4-10,12H2,1-3H3. The van der Waals surface area contributed by atoms with Crippen molar-refractivity contribution in [3.8, 4) is 0 Å². The summed E-state index contributed by atoms with van der Waals surface area (Å²) in [7, 11) is 6.62. The number of rotatable bonds is 6. The van der Waals surface area contributed by atoms with Gasteiger partial charge in [0, 0.05) is 12.1 Å². The Bertz CT molecular complexity index is 164. The Kier molecular flexibility index (Phi) is 4.35. The van der Waals surface area contributed by atoms with Gasteiger partial charge in [0.25, 0.3) is 0 Å². The second-order valence-electron chi connectivity index (χ2n) is 4.85. The zero-order valence-corrected chi connectivity index (χ0v) is 9.92. The molecule has 0 aliphatic heterocycles. The minimum absolute atomic E-state index is 0.462. The molecule has 1 saturated carbocycles. The Morgan fingerprint density at radius 3 is 2.21 bits per heavy atom. The Morgan fingerprint density at radius 2 is 1.86 bits per heavy atom. The Hall–Kier alpha value is -0.120. The highest BCUT2D eigenvalue weighted by Gasteiger charge is 2.39. The van der Waals surface area contributed by atoms with E-state index in [1.165, 1.54) is 25.8 Å². The normalized spacial score (nSPS) is 20.1. The molecule has 0 bridgehead atoms. The van der Waals surface area contributed by atoms with Crippen LogP contribution >= 0.6 is 0 Å². The van der Waals surface area contributed by atoms with E-state index in [2.05, 4.69) is 30.9 Å². The molecule has 3 nitrogen and oxygen atoms in total. The Balaban J connectivity index is 2.33. The van der Waals surface area contributed by atoms with Gasteiger partial charge in [0.1, 0.15) is 0 Å². The van der Waals surface area contributed by atoms with Gasteiger partial charge in [-0.25, -0.2) is 0 Å². The summed E-state index contributed by atoms with van der Waals surface area (Å²) in [6.07, 6.45) is 5.21. The number of nitrogens with two attached hydrogens (primary N) is 1. The highest BCUT2D eigenvalue weighted by atomic mass is 15.2. The van der Waals surface area contributed by atoms with E-state index in [9.17, 15) is 0 Å². The quantitative estimate of drug-likeness (QED) is 0.685. The fourth-order valence-corrected chi connectivity index (χ4v) is 2.27. The maximum absolute atomic E-state index is 5.51. The van der Waals surface area contributed by atoms with Gasteiger partial charge in [0.15, 0.2) is 0 Å². The van der Waals surface area contributed by atoms with Crippen molar-refractivity contribution in [1.82, 2.24) is 9.80 Å². The van der Waals surface area contributed by atoms with Gasteiger partial charge in [-0.3, -0.25) is 0 Å². The molecule has 0 heterocycles. The minimum atomic E-state index is 0.462. The van der Waals surface area contributed by atoms with Crippen LogP contribution in [-0.4, -0.2) is 56.1 Å². The zero-order valence-electron chi connectivity index (χ0n) is 9.92. The van der Waals surface area contributed by atoms with E-state index in [4.69, 9.17) is 5.73 Å². The second kappa shape index (κ2) is 5.10. The third-order valence-corrected chi connectivity index (χ3v) is 3.54. The van der Waals surface area contributed by atoms with E-state index in [-0.39, 0.29) is 0 Å². The lowest BCUT2D eigenvalue weighted by Crippen LogP contribution is -2.56. The van der Waals surface area contributed by atoms with Crippen molar-refractivity contribution in [3.05, 3.63) is 0 Å². The molecule has 0 amide bonds. The van der Waals surface area contributed by atoms with Gasteiger partial charge in [0.05, 0.1) is 0 Å². The molecule has 0 aromatic heterocycles. The summed E-state index contributed by atoms with van der Waals surface area (Å²) in [5, 5.41) is 0. The van der Waals surface area contributed by atoms with Crippen LogP contribution < -0.4 is 5.73 Å². The third kappa shape index (κ3) is 2.69. The van der Waals surface area contributed by atoms with Gasteiger partial charge < -0.3 is 15.5 Å². The molecular weight excluding hydrogens is 174 g/mol. The molecule has 0 spiro atoms. The molecule has 14 heavy (non-hydrogen) atoms. The fourth-order valence-electron chi connectivity index (χ4n) is 2.27. The largest absolute Gasteiger partial charge is 0.330 e. The van der Waals surface area contributed by atoms with E-state index in [1.807, 2.05) is 0 Å². The smallest absolute Gasteiger partial charge is 0.0330 e. The zero-order chi connectivity index (χ0) is 10.6. The number of hydrogen-bond acceptors (Lipinski definition) is 3. The summed E-state index contributed by atoms with van der Waals surface area (Å²) < 4.78 is 0. The highest BCUT2D eigenvalue weighted by Crippen LogP contribution is 2.36. The van der Waals surface area contributed by atoms with E-state index < -0.39 is 0 Å². The molecule has 0 atom stereocenters. The van der Waals surface area contributed by atoms with Gasteiger partial charge in [0.2, 0.25) is 0 Å². The first-order chi connectivity index (χ1) is 6.60. The average Bonchev–Trinajstić information content (AvgIpc) is 2.07. The lowest BCUT2D eigenvalue weighted by Gasteiger charge is -2.49. The van der Waals surface area contributed by atoms with Gasteiger partial charge in [-0.1, -0.05) is 0 Å². The molecule has 0 saturated heterocycles. The van der Waals surface area contributed by atoms with Crippen molar-refractivity contribution >= 4 is 0 Å². The maximum atomic E-state index is 5.51. The van der Waals surface area contributed by atoms with Crippen molar-refractivity contribution < 1.29 is 0 Å². The minimum Gasteiger partial charge on any atom is -0.330 e. The van der Waals surface area contributed by atoms with E-state index >= 15 is 0 Å². The van der Waals surface area contributed by atoms with Crippen LogP contribution in [0.4, 0.5) is 0 Å². The van der Waals surface area contributed by atoms with Gasteiger partial charge in [-0.2, -0.15) is 0 Å². The summed E-state index contributed by atoms with van der Waals surface area (Å²) in [5.74, 6) is 0. The molecule has 3 heteroatoms. The first kappa shape index (κ1) is 12.0. The first-order valence-electron chi connectivity index (χ1n) is 5.67. The molecule has 1 aliphatic carbocycles. The second-order valence-corrected chi connectivity index (χ2v) is 4.85. The molecule has 84 valence electrons. The molecule has 0 aromatic carbocycles. The van der Waals surface area contributed by atoms with Crippen molar-refractivity contribution in [2.45, 2.75) is 31.2 Å². The summed E-state index contributed by atoms with van der Waals surface area (Å²) >= 11 is 0. The molecule has 1 aliphatic rings. The van der Waals surface area contributed by atoms with Crippen molar-refractivity contribution in [2.24, 2.45) is 5.73 Å². The monoisotopic (exact) mass is 199 g/mol. The molecule has 0 aromatic rings. The topological polar surface area (TPSA) is 32.5 Å². The van der Waals surface area contributed by atoms with Crippen molar-refractivity contribution in [1.29, 1.82) is 0 Å². The third-order valence-electron chi connectivity index (χ3n) is 3.54. The summed E-state index contributed by atoms with van der Waals surface area (Å²) in [6.45, 7) is 3.13. The van der Waals surface area contributed by atoms with Crippen LogP contribution in [0.1, 0.15) is 25.7 Å². The average molecular weight is 199 g/mol. The maximum Gasteiger partial charge on any atom is 0.0330 e. The van der Waals surface area contributed by atoms with Crippen LogP contribution in [0.2, 0.25) is 0 Å². The predicted octanol–water partition coefficient (Wildman–Crippen LogP) is 0.751. The summed E-state index contributed by atoms with van der Waals surface area (Å²) in [5.41, 5.74) is 5.97. The van der Waals surface area contributed by atoms with Gasteiger partial charge >= 0.3 is 0 Å². The molecular formula is C11H25N3. The number of hydrogen-bond donors (Lipinski definition) is 1. The van der Waals surface area contributed by atoms with Crippen molar-refractivity contribution in [3.63, 3.8) is 0 Å². The molecule has 1 rings (SSSR count). The predicted molar refractivity (Wildman–Crippen MR) is 61.4 cm³/mol. The lowest BCUT2D eigenvalue weighted by atomic mass is 9.75. The molecule has 1 fully saturated rings. The SMILES string of the molecule is CN(CCCN)CC1(N(C)C)CCC1. The Labute approximate surface area is 88.2 Å². The van der Waals surface area contributed by atoms with Crippen LogP contribution in [-0.2, 0) is 0 Å². The van der Waals surface area contributed by atoms with Gasteiger partial charge in [-0.15, -0.1) is 0 Å². The molecule has 0 unspecified atom stereocenters. The van der Waals surface area contributed by atoms with E-state index in [0.717, 1.165) is 19.5 Å². The van der Waals surface area contributed by atoms with Gasteiger partial charge in [-0.05, 0) is 59.9 Å². The van der Waals surface area contributed by atoms with E-state index in [1.54, 1.807) is 0 Å². The summed E-state index contributed by atoms with van der Waals surface area (Å²) in [4.78, 5) is 4.82. The van der Waals surface area contributed by atoms with E-state index in [0.29, 0.717) is 5.54 Å². The highest BCUT2D eigenvalue weighted by molar-refractivity contribution is 4.97. The number of nitrogens with zero attached hydrogens (tertiary/aromatic N) is 2. The Morgan fingerprint density at radius 1 is 1.21 bits per heavy atom.